The van der Waals surface area contributed by atoms with Gasteiger partial charge in [0.25, 0.3) is 0 Å². The van der Waals surface area contributed by atoms with E-state index in [0.717, 1.165) is 45.1 Å². The van der Waals surface area contributed by atoms with E-state index >= 15 is 0 Å². The van der Waals surface area contributed by atoms with E-state index in [1.54, 1.807) is 0 Å². The van der Waals surface area contributed by atoms with Crippen molar-refractivity contribution in [1.82, 2.24) is 10.2 Å². The highest BCUT2D eigenvalue weighted by atomic mass is 16.4. The Morgan fingerprint density at radius 2 is 2.05 bits per heavy atom. The molecule has 5 heteroatoms. The fourth-order valence-electron chi connectivity index (χ4n) is 2.65. The van der Waals surface area contributed by atoms with Crippen LogP contribution in [0.2, 0.25) is 0 Å². The molecule has 0 bridgehead atoms. The van der Waals surface area contributed by atoms with Gasteiger partial charge in [0.2, 0.25) is 0 Å². The third-order valence-electron chi connectivity index (χ3n) is 3.78. The first kappa shape index (κ1) is 15.8. The zero-order valence-electron chi connectivity index (χ0n) is 12.0. The van der Waals surface area contributed by atoms with Gasteiger partial charge in [0.15, 0.2) is 0 Å². The SMILES string of the molecule is CCC[C@@H](NC(=O)N1CCCCCC1CC)C(=O)O. The summed E-state index contributed by atoms with van der Waals surface area (Å²) < 4.78 is 0. The normalized spacial score (nSPS) is 21.6. The zero-order valence-corrected chi connectivity index (χ0v) is 12.0. The minimum Gasteiger partial charge on any atom is -0.480 e. The molecule has 1 fully saturated rings. The lowest BCUT2D eigenvalue weighted by atomic mass is 10.1. The van der Waals surface area contributed by atoms with Gasteiger partial charge >= 0.3 is 12.0 Å². The third kappa shape index (κ3) is 4.73. The maximum atomic E-state index is 12.3. The molecule has 19 heavy (non-hydrogen) atoms. The minimum absolute atomic E-state index is 0.213. The number of aliphatic carboxylic acids is 1. The number of likely N-dealkylation sites (tertiary alicyclic amines) is 1. The van der Waals surface area contributed by atoms with E-state index < -0.39 is 12.0 Å². The molecule has 0 aromatic carbocycles. The van der Waals surface area contributed by atoms with E-state index in [4.69, 9.17) is 5.11 Å². The Morgan fingerprint density at radius 1 is 1.32 bits per heavy atom. The number of amides is 2. The molecule has 2 amide bonds. The highest BCUT2D eigenvalue weighted by molar-refractivity contribution is 5.82. The van der Waals surface area contributed by atoms with Crippen molar-refractivity contribution in [3.05, 3.63) is 0 Å². The predicted molar refractivity (Wildman–Crippen MR) is 74.1 cm³/mol. The van der Waals surface area contributed by atoms with Gasteiger partial charge in [-0.2, -0.15) is 0 Å². The average Bonchev–Trinajstić information content (AvgIpc) is 2.62. The summed E-state index contributed by atoms with van der Waals surface area (Å²) in [6.07, 6.45) is 6.49. The monoisotopic (exact) mass is 270 g/mol. The van der Waals surface area contributed by atoms with Crippen LogP contribution in [-0.4, -0.2) is 40.6 Å². The molecule has 0 radical (unpaired) electrons. The number of carboxylic acid groups (broad SMARTS) is 1. The number of carbonyl (C=O) groups is 2. The number of urea groups is 1. The van der Waals surface area contributed by atoms with E-state index in [2.05, 4.69) is 12.2 Å². The van der Waals surface area contributed by atoms with Gasteiger partial charge in [-0.15, -0.1) is 0 Å². The van der Waals surface area contributed by atoms with Crippen molar-refractivity contribution in [2.75, 3.05) is 6.54 Å². The summed E-state index contributed by atoms with van der Waals surface area (Å²) in [7, 11) is 0. The van der Waals surface area contributed by atoms with Gasteiger partial charge in [-0.3, -0.25) is 0 Å². The number of rotatable bonds is 5. The fraction of sp³-hybridized carbons (Fsp3) is 0.857. The summed E-state index contributed by atoms with van der Waals surface area (Å²) in [4.78, 5) is 25.2. The highest BCUT2D eigenvalue weighted by Gasteiger charge is 2.27. The molecule has 1 rings (SSSR count). The van der Waals surface area contributed by atoms with Crippen molar-refractivity contribution in [1.29, 1.82) is 0 Å². The lowest BCUT2D eigenvalue weighted by molar-refractivity contribution is -0.139. The molecule has 1 unspecified atom stereocenters. The lowest BCUT2D eigenvalue weighted by Gasteiger charge is -2.30. The maximum absolute atomic E-state index is 12.3. The van der Waals surface area contributed by atoms with E-state index in [1.165, 1.54) is 0 Å². The van der Waals surface area contributed by atoms with Gasteiger partial charge < -0.3 is 15.3 Å². The van der Waals surface area contributed by atoms with Crippen molar-refractivity contribution < 1.29 is 14.7 Å². The number of nitrogens with zero attached hydrogens (tertiary/aromatic N) is 1. The van der Waals surface area contributed by atoms with E-state index in [-0.39, 0.29) is 12.1 Å². The van der Waals surface area contributed by atoms with Gasteiger partial charge in [-0.1, -0.05) is 33.1 Å². The van der Waals surface area contributed by atoms with E-state index in [9.17, 15) is 9.59 Å². The van der Waals surface area contributed by atoms with Gasteiger partial charge in [-0.25, -0.2) is 9.59 Å². The van der Waals surface area contributed by atoms with Crippen molar-refractivity contribution in [3.63, 3.8) is 0 Å². The Balaban J connectivity index is 2.64. The zero-order chi connectivity index (χ0) is 14.3. The second-order valence-corrected chi connectivity index (χ2v) is 5.23. The Morgan fingerprint density at radius 3 is 2.63 bits per heavy atom. The number of carboxylic acids is 1. The first-order chi connectivity index (χ1) is 9.10. The van der Waals surface area contributed by atoms with Crippen molar-refractivity contribution in [2.45, 2.75) is 70.9 Å². The van der Waals surface area contributed by atoms with Crippen LogP contribution in [0.25, 0.3) is 0 Å². The third-order valence-corrected chi connectivity index (χ3v) is 3.78. The molecular formula is C14H26N2O3. The van der Waals surface area contributed by atoms with Gasteiger partial charge in [0.1, 0.15) is 6.04 Å². The second kappa shape index (κ2) is 8.02. The average molecular weight is 270 g/mol. The molecule has 1 saturated heterocycles. The number of hydrogen-bond acceptors (Lipinski definition) is 2. The van der Waals surface area contributed by atoms with Crippen LogP contribution in [0.1, 0.15) is 58.8 Å². The molecule has 5 nitrogen and oxygen atoms in total. The molecule has 110 valence electrons. The van der Waals surface area contributed by atoms with Crippen LogP contribution in [-0.2, 0) is 4.79 Å². The van der Waals surface area contributed by atoms with Crippen LogP contribution in [0.15, 0.2) is 0 Å². The largest absolute Gasteiger partial charge is 0.480 e. The molecule has 0 saturated carbocycles. The number of hydrogen-bond donors (Lipinski definition) is 2. The molecule has 1 heterocycles. The summed E-state index contributed by atoms with van der Waals surface area (Å²) in [5.74, 6) is -0.946. The van der Waals surface area contributed by atoms with E-state index in [1.807, 2.05) is 11.8 Å². The van der Waals surface area contributed by atoms with Crippen molar-refractivity contribution in [2.24, 2.45) is 0 Å². The number of carbonyl (C=O) groups excluding carboxylic acids is 1. The molecule has 2 atom stereocenters. The molecule has 2 N–H and O–H groups in total. The molecule has 1 aliphatic rings. The van der Waals surface area contributed by atoms with Crippen LogP contribution in [0.4, 0.5) is 4.79 Å². The first-order valence-electron chi connectivity index (χ1n) is 7.40. The molecular weight excluding hydrogens is 244 g/mol. The van der Waals surface area contributed by atoms with E-state index in [0.29, 0.717) is 6.42 Å². The Hall–Kier alpha value is -1.26. The van der Waals surface area contributed by atoms with Gasteiger partial charge in [-0.05, 0) is 25.7 Å². The fourth-order valence-corrected chi connectivity index (χ4v) is 2.65. The molecule has 0 aromatic rings. The maximum Gasteiger partial charge on any atom is 0.326 e. The Kier molecular flexibility index (Phi) is 6.67. The van der Waals surface area contributed by atoms with Crippen LogP contribution in [0, 0.1) is 0 Å². The van der Waals surface area contributed by atoms with Crippen LogP contribution in [0.5, 0.6) is 0 Å². The lowest BCUT2D eigenvalue weighted by Crippen LogP contribution is -2.51. The van der Waals surface area contributed by atoms with Crippen LogP contribution < -0.4 is 5.32 Å². The molecule has 0 aromatic heterocycles. The summed E-state index contributed by atoms with van der Waals surface area (Å²) in [6, 6.07) is -0.730. The van der Waals surface area contributed by atoms with Gasteiger partial charge in [0.05, 0.1) is 0 Å². The smallest absolute Gasteiger partial charge is 0.326 e. The second-order valence-electron chi connectivity index (χ2n) is 5.23. The molecule has 0 spiro atoms. The summed E-state index contributed by atoms with van der Waals surface area (Å²) in [6.45, 7) is 4.74. The Bertz CT molecular complexity index is 307. The van der Waals surface area contributed by atoms with Crippen LogP contribution >= 0.6 is 0 Å². The molecule has 0 aliphatic carbocycles. The molecule has 1 aliphatic heterocycles. The standard InChI is InChI=1S/C14H26N2O3/c1-3-8-12(13(17)18)15-14(19)16-10-7-5-6-9-11(16)4-2/h11-12H,3-10H2,1-2H3,(H,15,19)(H,17,18)/t11?,12-/m1/s1. The highest BCUT2D eigenvalue weighted by Crippen LogP contribution is 2.19. The summed E-state index contributed by atoms with van der Waals surface area (Å²) in [5, 5.41) is 11.8. The summed E-state index contributed by atoms with van der Waals surface area (Å²) in [5.41, 5.74) is 0. The quantitative estimate of drug-likeness (QED) is 0.806. The Labute approximate surface area is 115 Å². The first-order valence-corrected chi connectivity index (χ1v) is 7.40. The van der Waals surface area contributed by atoms with Gasteiger partial charge in [0, 0.05) is 12.6 Å². The van der Waals surface area contributed by atoms with Crippen molar-refractivity contribution >= 4 is 12.0 Å². The van der Waals surface area contributed by atoms with Crippen molar-refractivity contribution in [3.8, 4) is 0 Å². The summed E-state index contributed by atoms with van der Waals surface area (Å²) >= 11 is 0. The van der Waals surface area contributed by atoms with Crippen LogP contribution in [0.3, 0.4) is 0 Å². The minimum atomic E-state index is -0.946. The number of nitrogens with one attached hydrogen (secondary N) is 1. The predicted octanol–water partition coefficient (Wildman–Crippen LogP) is 2.60. The topological polar surface area (TPSA) is 69.6 Å².